The fourth-order valence-electron chi connectivity index (χ4n) is 5.11. The van der Waals surface area contributed by atoms with E-state index < -0.39 is 10.0 Å². The minimum absolute atomic E-state index is 0.207. The molecule has 3 heterocycles. The predicted molar refractivity (Wildman–Crippen MR) is 123 cm³/mol. The molecule has 3 aliphatic rings. The molecule has 7 nitrogen and oxygen atoms in total. The van der Waals surface area contributed by atoms with Crippen LogP contribution in [0.25, 0.3) is 0 Å². The van der Waals surface area contributed by atoms with Crippen molar-refractivity contribution in [3.8, 4) is 0 Å². The van der Waals surface area contributed by atoms with Crippen LogP contribution in [0.4, 0.5) is 5.95 Å². The topological polar surface area (TPSA) is 75.6 Å². The van der Waals surface area contributed by atoms with Crippen LogP contribution in [-0.2, 0) is 14.8 Å². The lowest BCUT2D eigenvalue weighted by atomic mass is 9.90. The van der Waals surface area contributed by atoms with Crippen LogP contribution in [-0.4, -0.2) is 66.8 Å². The number of sulfonamides is 1. The molecule has 1 aromatic heterocycles. The fraction of sp³-hybridized carbons (Fsp3) is 0.818. The molecule has 0 N–H and O–H groups in total. The number of hydrogen-bond donors (Lipinski definition) is 0. The Bertz CT molecular complexity index is 820. The molecular formula is C22H35ClN4O3S. The second-order valence-electron chi connectivity index (χ2n) is 9.54. The lowest BCUT2D eigenvalue weighted by molar-refractivity contribution is 0.0173. The van der Waals surface area contributed by atoms with E-state index in [4.69, 9.17) is 16.3 Å². The van der Waals surface area contributed by atoms with Crippen molar-refractivity contribution in [3.05, 3.63) is 17.4 Å². The first-order valence-electron chi connectivity index (χ1n) is 11.7. The van der Waals surface area contributed by atoms with Gasteiger partial charge in [-0.2, -0.15) is 0 Å². The zero-order valence-electron chi connectivity index (χ0n) is 18.6. The lowest BCUT2D eigenvalue weighted by Crippen LogP contribution is -2.43. The van der Waals surface area contributed by atoms with E-state index in [-0.39, 0.29) is 11.4 Å². The van der Waals surface area contributed by atoms with Gasteiger partial charge < -0.3 is 9.64 Å². The number of piperidine rings is 2. The van der Waals surface area contributed by atoms with E-state index >= 15 is 0 Å². The Hall–Kier alpha value is -0.960. The Morgan fingerprint density at radius 1 is 1.10 bits per heavy atom. The van der Waals surface area contributed by atoms with Gasteiger partial charge in [-0.1, -0.05) is 11.6 Å². The Morgan fingerprint density at radius 3 is 2.35 bits per heavy atom. The monoisotopic (exact) mass is 470 g/mol. The molecule has 0 aromatic carbocycles. The highest BCUT2D eigenvalue weighted by Crippen LogP contribution is 2.50. The average molecular weight is 471 g/mol. The number of ether oxygens (including phenoxy) is 1. The van der Waals surface area contributed by atoms with Crippen LogP contribution in [0.1, 0.15) is 52.4 Å². The summed E-state index contributed by atoms with van der Waals surface area (Å²) in [5.74, 6) is 3.23. The summed E-state index contributed by atoms with van der Waals surface area (Å²) in [6.45, 7) is 7.52. The smallest absolute Gasteiger partial charge is 0.225 e. The summed E-state index contributed by atoms with van der Waals surface area (Å²) in [7, 11) is -3.13. The molecule has 31 heavy (non-hydrogen) atoms. The largest absolute Gasteiger partial charge is 0.378 e. The van der Waals surface area contributed by atoms with Crippen LogP contribution >= 0.6 is 11.6 Å². The predicted octanol–water partition coefficient (Wildman–Crippen LogP) is 3.59. The number of halogens is 1. The first kappa shape index (κ1) is 23.2. The van der Waals surface area contributed by atoms with Crippen LogP contribution in [0, 0.1) is 17.8 Å². The SMILES string of the molecule is CC(C)S(=O)(=O)N1CCC(OCCC2CC2C2CCN(c3ncc(Cl)cn3)CC2)CC1. The van der Waals surface area contributed by atoms with Crippen molar-refractivity contribution in [1.82, 2.24) is 14.3 Å². The van der Waals surface area contributed by atoms with Gasteiger partial charge in [0.1, 0.15) is 0 Å². The van der Waals surface area contributed by atoms with E-state index in [1.165, 1.54) is 19.3 Å². The summed E-state index contributed by atoms with van der Waals surface area (Å²) in [4.78, 5) is 11.0. The van der Waals surface area contributed by atoms with E-state index in [0.29, 0.717) is 18.1 Å². The first-order valence-corrected chi connectivity index (χ1v) is 13.6. The summed E-state index contributed by atoms with van der Waals surface area (Å²) < 4.78 is 32.3. The van der Waals surface area contributed by atoms with Gasteiger partial charge in [0, 0.05) is 32.8 Å². The molecule has 3 fully saturated rings. The molecule has 0 spiro atoms. The van der Waals surface area contributed by atoms with Crippen molar-refractivity contribution in [1.29, 1.82) is 0 Å². The maximum atomic E-state index is 12.3. The maximum Gasteiger partial charge on any atom is 0.225 e. The molecule has 2 atom stereocenters. The van der Waals surface area contributed by atoms with Crippen LogP contribution in [0.3, 0.4) is 0 Å². The minimum atomic E-state index is -3.13. The number of hydrogen-bond acceptors (Lipinski definition) is 6. The maximum absolute atomic E-state index is 12.3. The minimum Gasteiger partial charge on any atom is -0.378 e. The summed E-state index contributed by atoms with van der Waals surface area (Å²) in [6, 6.07) is 0. The highest BCUT2D eigenvalue weighted by atomic mass is 35.5. The second-order valence-corrected chi connectivity index (χ2v) is 12.5. The summed E-state index contributed by atoms with van der Waals surface area (Å²) in [5, 5.41) is 0.232. The molecule has 1 saturated carbocycles. The van der Waals surface area contributed by atoms with Crippen molar-refractivity contribution in [3.63, 3.8) is 0 Å². The van der Waals surface area contributed by atoms with Gasteiger partial charge in [-0.3, -0.25) is 0 Å². The van der Waals surface area contributed by atoms with Crippen LogP contribution in [0.5, 0.6) is 0 Å². The Labute approximate surface area is 191 Å². The van der Waals surface area contributed by atoms with Crippen LogP contribution in [0.15, 0.2) is 12.4 Å². The summed E-state index contributed by atoms with van der Waals surface area (Å²) in [6.07, 6.45) is 10.0. The normalized spacial score (nSPS) is 26.5. The van der Waals surface area contributed by atoms with Gasteiger partial charge in [-0.05, 0) is 70.1 Å². The molecular weight excluding hydrogens is 436 g/mol. The fourth-order valence-corrected chi connectivity index (χ4v) is 6.53. The van der Waals surface area contributed by atoms with Crippen LogP contribution in [0.2, 0.25) is 5.02 Å². The lowest BCUT2D eigenvalue weighted by Gasteiger charge is -2.32. The van der Waals surface area contributed by atoms with Gasteiger partial charge in [0.05, 0.1) is 28.8 Å². The highest BCUT2D eigenvalue weighted by Gasteiger charge is 2.43. The summed E-state index contributed by atoms with van der Waals surface area (Å²) in [5.41, 5.74) is 0. The second kappa shape index (κ2) is 9.89. The highest BCUT2D eigenvalue weighted by molar-refractivity contribution is 7.89. The molecule has 2 saturated heterocycles. The van der Waals surface area contributed by atoms with Gasteiger partial charge in [0.15, 0.2) is 0 Å². The first-order chi connectivity index (χ1) is 14.8. The molecule has 0 amide bonds. The van der Waals surface area contributed by atoms with Gasteiger partial charge in [0.2, 0.25) is 16.0 Å². The number of rotatable bonds is 8. The third kappa shape index (κ3) is 5.70. The molecule has 174 valence electrons. The number of nitrogens with zero attached hydrogens (tertiary/aromatic N) is 4. The Kier molecular flexibility index (Phi) is 7.41. The van der Waals surface area contributed by atoms with Gasteiger partial charge >= 0.3 is 0 Å². The molecule has 0 bridgehead atoms. The van der Waals surface area contributed by atoms with E-state index in [1.54, 1.807) is 30.5 Å². The van der Waals surface area contributed by atoms with Gasteiger partial charge in [0.25, 0.3) is 0 Å². The van der Waals surface area contributed by atoms with Crippen molar-refractivity contribution in [2.45, 2.75) is 63.7 Å². The Morgan fingerprint density at radius 2 is 1.74 bits per heavy atom. The molecule has 4 rings (SSSR count). The third-order valence-corrected chi connectivity index (χ3v) is 9.68. The molecule has 9 heteroatoms. The molecule has 1 aliphatic carbocycles. The standard InChI is InChI=1S/C22H35ClN4O3S/c1-16(2)31(28,29)27-10-5-20(6-11-27)30-12-7-18-13-21(18)17-3-8-26(9-4-17)22-24-14-19(23)15-25-22/h14-18,20-21H,3-13H2,1-2H3. The van der Waals surface area contributed by atoms with Crippen molar-refractivity contribution < 1.29 is 13.2 Å². The number of anilines is 1. The van der Waals surface area contributed by atoms with E-state index in [1.807, 2.05) is 0 Å². The van der Waals surface area contributed by atoms with Crippen molar-refractivity contribution >= 4 is 27.6 Å². The summed E-state index contributed by atoms with van der Waals surface area (Å²) >= 11 is 5.89. The average Bonchev–Trinajstić information content (AvgIpc) is 3.54. The molecule has 2 aliphatic heterocycles. The van der Waals surface area contributed by atoms with Crippen LogP contribution < -0.4 is 4.90 Å². The van der Waals surface area contributed by atoms with E-state index in [2.05, 4.69) is 14.9 Å². The number of aromatic nitrogens is 2. The molecule has 2 unspecified atom stereocenters. The molecule has 1 aromatic rings. The molecule has 0 radical (unpaired) electrons. The van der Waals surface area contributed by atoms with E-state index in [9.17, 15) is 8.42 Å². The zero-order valence-corrected chi connectivity index (χ0v) is 20.2. The van der Waals surface area contributed by atoms with Crippen molar-refractivity contribution in [2.75, 3.05) is 37.7 Å². The quantitative estimate of drug-likeness (QED) is 0.577. The zero-order chi connectivity index (χ0) is 22.0. The van der Waals surface area contributed by atoms with Gasteiger partial charge in [-0.15, -0.1) is 0 Å². The Balaban J connectivity index is 1.11. The van der Waals surface area contributed by atoms with Crippen molar-refractivity contribution in [2.24, 2.45) is 17.8 Å². The van der Waals surface area contributed by atoms with E-state index in [0.717, 1.165) is 62.7 Å². The third-order valence-electron chi connectivity index (χ3n) is 7.21. The van der Waals surface area contributed by atoms with Gasteiger partial charge in [-0.25, -0.2) is 22.7 Å².